The Bertz CT molecular complexity index is 333. The van der Waals surface area contributed by atoms with Crippen LogP contribution in [-0.2, 0) is 4.79 Å². The molecule has 17 heavy (non-hydrogen) atoms. The highest BCUT2D eigenvalue weighted by Crippen LogP contribution is 2.44. The van der Waals surface area contributed by atoms with Gasteiger partial charge in [0.05, 0.1) is 5.92 Å². The van der Waals surface area contributed by atoms with Crippen molar-refractivity contribution < 1.29 is 14.7 Å². The lowest BCUT2D eigenvalue weighted by Gasteiger charge is -2.41. The summed E-state index contributed by atoms with van der Waals surface area (Å²) in [6.07, 6.45) is 2.37. The van der Waals surface area contributed by atoms with Gasteiger partial charge in [0.15, 0.2) is 0 Å². The number of hydrogen-bond donors (Lipinski definition) is 2. The first kappa shape index (κ1) is 12.2. The summed E-state index contributed by atoms with van der Waals surface area (Å²) < 4.78 is 0. The van der Waals surface area contributed by atoms with Crippen LogP contribution in [0.2, 0.25) is 0 Å². The van der Waals surface area contributed by atoms with Gasteiger partial charge in [0.2, 0.25) is 0 Å². The zero-order valence-electron chi connectivity index (χ0n) is 10.4. The van der Waals surface area contributed by atoms with Crippen LogP contribution in [0.1, 0.15) is 26.7 Å². The summed E-state index contributed by atoms with van der Waals surface area (Å²) >= 11 is 0. The maximum Gasteiger partial charge on any atom is 0.317 e. The number of carboxylic acid groups (broad SMARTS) is 1. The first-order valence-corrected chi connectivity index (χ1v) is 6.17. The SMILES string of the molecule is CC(C(=O)O)C1CN(C(=O)NCC2(C)CC2)C1. The third-order valence-electron chi connectivity index (χ3n) is 4.06. The van der Waals surface area contributed by atoms with E-state index in [2.05, 4.69) is 12.2 Å². The fourth-order valence-corrected chi connectivity index (χ4v) is 1.99. The van der Waals surface area contributed by atoms with Gasteiger partial charge in [0.25, 0.3) is 0 Å². The molecule has 2 rings (SSSR count). The van der Waals surface area contributed by atoms with Crippen molar-refractivity contribution in [3.8, 4) is 0 Å². The van der Waals surface area contributed by atoms with E-state index >= 15 is 0 Å². The van der Waals surface area contributed by atoms with Crippen LogP contribution in [0.3, 0.4) is 0 Å². The molecule has 2 fully saturated rings. The Kier molecular flexibility index (Phi) is 3.02. The molecule has 2 amide bonds. The lowest BCUT2D eigenvalue weighted by Crippen LogP contribution is -2.56. The van der Waals surface area contributed by atoms with Gasteiger partial charge in [-0.1, -0.05) is 13.8 Å². The molecule has 1 saturated carbocycles. The molecule has 0 bridgehead atoms. The Morgan fingerprint density at radius 1 is 1.47 bits per heavy atom. The second kappa shape index (κ2) is 4.20. The third kappa shape index (κ3) is 2.70. The van der Waals surface area contributed by atoms with Gasteiger partial charge in [-0.2, -0.15) is 0 Å². The second-order valence-corrected chi connectivity index (χ2v) is 5.76. The van der Waals surface area contributed by atoms with Crippen molar-refractivity contribution in [1.82, 2.24) is 10.2 Å². The van der Waals surface area contributed by atoms with Crippen LogP contribution in [-0.4, -0.2) is 41.6 Å². The topological polar surface area (TPSA) is 69.6 Å². The number of aliphatic carboxylic acids is 1. The molecule has 0 aromatic rings. The van der Waals surface area contributed by atoms with Gasteiger partial charge in [-0.3, -0.25) is 4.79 Å². The minimum Gasteiger partial charge on any atom is -0.481 e. The lowest BCUT2D eigenvalue weighted by atomic mass is 9.87. The van der Waals surface area contributed by atoms with Crippen LogP contribution in [0.25, 0.3) is 0 Å². The fraction of sp³-hybridized carbons (Fsp3) is 0.833. The molecule has 1 unspecified atom stereocenters. The zero-order chi connectivity index (χ0) is 12.6. The van der Waals surface area contributed by atoms with E-state index in [9.17, 15) is 9.59 Å². The Morgan fingerprint density at radius 2 is 2.06 bits per heavy atom. The molecule has 1 aliphatic heterocycles. The molecule has 1 saturated heterocycles. The van der Waals surface area contributed by atoms with E-state index in [0.29, 0.717) is 18.5 Å². The Balaban J connectivity index is 1.68. The molecule has 0 aromatic heterocycles. The number of likely N-dealkylation sites (tertiary alicyclic amines) is 1. The first-order chi connectivity index (χ1) is 7.91. The number of urea groups is 1. The van der Waals surface area contributed by atoms with Crippen molar-refractivity contribution in [2.75, 3.05) is 19.6 Å². The van der Waals surface area contributed by atoms with Crippen molar-refractivity contribution in [3.05, 3.63) is 0 Å². The Labute approximate surface area is 101 Å². The van der Waals surface area contributed by atoms with Crippen LogP contribution in [0.15, 0.2) is 0 Å². The van der Waals surface area contributed by atoms with Crippen LogP contribution < -0.4 is 5.32 Å². The molecular weight excluding hydrogens is 220 g/mol. The minimum atomic E-state index is -0.777. The maximum atomic E-state index is 11.7. The number of rotatable bonds is 4. The van der Waals surface area contributed by atoms with Crippen LogP contribution in [0.5, 0.6) is 0 Å². The van der Waals surface area contributed by atoms with Gasteiger partial charge in [0, 0.05) is 25.6 Å². The quantitative estimate of drug-likeness (QED) is 0.774. The number of hydrogen-bond acceptors (Lipinski definition) is 2. The standard InChI is InChI=1S/C12H20N2O3/c1-8(10(15)16)9-5-14(6-9)11(17)13-7-12(2)3-4-12/h8-9H,3-7H2,1-2H3,(H,13,17)(H,15,16). The van der Waals surface area contributed by atoms with E-state index in [1.54, 1.807) is 11.8 Å². The smallest absolute Gasteiger partial charge is 0.317 e. The van der Waals surface area contributed by atoms with Gasteiger partial charge in [0.1, 0.15) is 0 Å². The van der Waals surface area contributed by atoms with Gasteiger partial charge in [-0.15, -0.1) is 0 Å². The number of carboxylic acids is 1. The van der Waals surface area contributed by atoms with Crippen LogP contribution in [0, 0.1) is 17.3 Å². The summed E-state index contributed by atoms with van der Waals surface area (Å²) in [5.74, 6) is -1.03. The molecule has 1 heterocycles. The molecule has 5 nitrogen and oxygen atoms in total. The summed E-state index contributed by atoms with van der Waals surface area (Å²) in [5.41, 5.74) is 0.314. The fourth-order valence-electron chi connectivity index (χ4n) is 1.99. The highest BCUT2D eigenvalue weighted by molar-refractivity contribution is 5.76. The predicted octanol–water partition coefficient (Wildman–Crippen LogP) is 1.15. The normalized spacial score (nSPS) is 23.8. The maximum absolute atomic E-state index is 11.7. The summed E-state index contributed by atoms with van der Waals surface area (Å²) in [7, 11) is 0. The summed E-state index contributed by atoms with van der Waals surface area (Å²) in [4.78, 5) is 24.2. The zero-order valence-corrected chi connectivity index (χ0v) is 10.4. The highest BCUT2D eigenvalue weighted by atomic mass is 16.4. The number of nitrogens with one attached hydrogen (secondary N) is 1. The van der Waals surface area contributed by atoms with Crippen molar-refractivity contribution in [2.45, 2.75) is 26.7 Å². The van der Waals surface area contributed by atoms with Crippen molar-refractivity contribution >= 4 is 12.0 Å². The van der Waals surface area contributed by atoms with Crippen molar-refractivity contribution in [3.63, 3.8) is 0 Å². The number of nitrogens with zero attached hydrogens (tertiary/aromatic N) is 1. The summed E-state index contributed by atoms with van der Waals surface area (Å²) in [6, 6.07) is -0.0491. The lowest BCUT2D eigenvalue weighted by molar-refractivity contribution is -0.144. The third-order valence-corrected chi connectivity index (χ3v) is 4.06. The molecule has 2 aliphatic rings. The van der Waals surface area contributed by atoms with Gasteiger partial charge in [-0.25, -0.2) is 4.79 Å². The molecule has 1 atom stereocenters. The van der Waals surface area contributed by atoms with Gasteiger partial charge >= 0.3 is 12.0 Å². The van der Waals surface area contributed by atoms with E-state index in [1.165, 1.54) is 12.8 Å². The molecule has 0 aromatic carbocycles. The molecule has 5 heteroatoms. The molecule has 0 radical (unpaired) electrons. The monoisotopic (exact) mass is 240 g/mol. The molecule has 96 valence electrons. The van der Waals surface area contributed by atoms with E-state index in [-0.39, 0.29) is 17.9 Å². The Hall–Kier alpha value is -1.26. The number of carbonyl (C=O) groups excluding carboxylic acids is 1. The highest BCUT2D eigenvalue weighted by Gasteiger charge is 2.40. The van der Waals surface area contributed by atoms with E-state index < -0.39 is 5.97 Å². The van der Waals surface area contributed by atoms with E-state index in [0.717, 1.165) is 6.54 Å². The molecule has 0 spiro atoms. The van der Waals surface area contributed by atoms with E-state index in [1.807, 2.05) is 0 Å². The van der Waals surface area contributed by atoms with E-state index in [4.69, 9.17) is 5.11 Å². The Morgan fingerprint density at radius 3 is 2.53 bits per heavy atom. The summed E-state index contributed by atoms with van der Waals surface area (Å²) in [5, 5.41) is 11.8. The first-order valence-electron chi connectivity index (χ1n) is 6.17. The van der Waals surface area contributed by atoms with Crippen LogP contribution in [0.4, 0.5) is 4.79 Å². The minimum absolute atomic E-state index is 0.0491. The van der Waals surface area contributed by atoms with Crippen molar-refractivity contribution in [2.24, 2.45) is 17.3 Å². The molecule has 2 N–H and O–H groups in total. The number of carbonyl (C=O) groups is 2. The largest absolute Gasteiger partial charge is 0.481 e. The van der Waals surface area contributed by atoms with Gasteiger partial charge in [-0.05, 0) is 18.3 Å². The number of amides is 2. The average molecular weight is 240 g/mol. The summed E-state index contributed by atoms with van der Waals surface area (Å²) in [6.45, 7) is 5.74. The second-order valence-electron chi connectivity index (χ2n) is 5.76. The van der Waals surface area contributed by atoms with Gasteiger partial charge < -0.3 is 15.3 Å². The van der Waals surface area contributed by atoms with Crippen molar-refractivity contribution in [1.29, 1.82) is 0 Å². The average Bonchev–Trinajstić information content (AvgIpc) is 2.92. The van der Waals surface area contributed by atoms with Crippen LogP contribution >= 0.6 is 0 Å². The molecule has 1 aliphatic carbocycles. The molecular formula is C12H20N2O3. The predicted molar refractivity (Wildman–Crippen MR) is 62.6 cm³/mol.